The van der Waals surface area contributed by atoms with Gasteiger partial charge in [0, 0.05) is 60.5 Å². The molecule has 0 unspecified atom stereocenters. The van der Waals surface area contributed by atoms with Gasteiger partial charge in [-0.3, -0.25) is 0 Å². The van der Waals surface area contributed by atoms with Crippen molar-refractivity contribution in [3.8, 4) is 45.4 Å². The molecule has 0 N–H and O–H groups in total. The molecule has 0 aliphatic heterocycles. The SMILES string of the molecule is N#Cc1c(-n2c3cc(C(F)(F)F)ccc3c3ccc(C(F)(F)F)cc32)c(-c2ccccc2)c(-n2c3ccccc3c3cc(N(c4ccccc4)c4ccccc4)ccc32)c(-c2ccccc2)c1-n1c2cc(C(F)(F)F)ccc2c2ccc(C(F)(F)F)cc21. The molecule has 432 valence electrons. The average Bonchev–Trinajstić information content (AvgIpc) is 1.43. The van der Waals surface area contributed by atoms with Gasteiger partial charge in [-0.2, -0.15) is 57.9 Å². The molecule has 88 heavy (non-hydrogen) atoms. The van der Waals surface area contributed by atoms with Crippen molar-refractivity contribution in [2.24, 2.45) is 0 Å². The third kappa shape index (κ3) is 8.96. The number of nitrogens with zero attached hydrogens (tertiary/aromatic N) is 5. The van der Waals surface area contributed by atoms with Crippen LogP contribution in [0.3, 0.4) is 0 Å². The first-order chi connectivity index (χ1) is 42.2. The van der Waals surface area contributed by atoms with E-state index in [9.17, 15) is 5.26 Å². The lowest BCUT2D eigenvalue weighted by Gasteiger charge is -2.29. The Morgan fingerprint density at radius 2 is 0.602 bits per heavy atom. The summed E-state index contributed by atoms with van der Waals surface area (Å²) in [5, 5.41) is 13.7. The van der Waals surface area contributed by atoms with Crippen molar-refractivity contribution in [2.45, 2.75) is 24.7 Å². The number of hydrogen-bond acceptors (Lipinski definition) is 2. The average molecular weight is 1190 g/mol. The molecule has 0 saturated carbocycles. The number of aromatic nitrogens is 3. The number of fused-ring (bicyclic) bond motifs is 9. The highest BCUT2D eigenvalue weighted by Gasteiger charge is 2.39. The highest BCUT2D eigenvalue weighted by molar-refractivity contribution is 6.17. The summed E-state index contributed by atoms with van der Waals surface area (Å²) in [6.45, 7) is 0. The second kappa shape index (κ2) is 20.2. The molecule has 11 aromatic carbocycles. The minimum Gasteiger partial charge on any atom is -0.310 e. The van der Waals surface area contributed by atoms with E-state index in [1.807, 2.05) is 94.4 Å². The van der Waals surface area contributed by atoms with Crippen molar-refractivity contribution in [1.82, 2.24) is 13.7 Å². The van der Waals surface area contributed by atoms with Crippen LogP contribution in [0.1, 0.15) is 27.8 Å². The number of benzene rings is 11. The Labute approximate surface area is 491 Å². The summed E-state index contributed by atoms with van der Waals surface area (Å²) in [5.74, 6) is 0. The number of halogens is 12. The van der Waals surface area contributed by atoms with Gasteiger partial charge in [0.2, 0.25) is 0 Å². The van der Waals surface area contributed by atoms with Crippen molar-refractivity contribution in [3.63, 3.8) is 0 Å². The predicted molar refractivity (Wildman–Crippen MR) is 320 cm³/mol. The van der Waals surface area contributed by atoms with Crippen molar-refractivity contribution in [1.29, 1.82) is 5.26 Å². The molecule has 0 aliphatic rings. The van der Waals surface area contributed by atoms with Gasteiger partial charge in [0.15, 0.2) is 0 Å². The van der Waals surface area contributed by atoms with Crippen molar-refractivity contribution in [2.75, 3.05) is 4.90 Å². The Morgan fingerprint density at radius 3 is 0.966 bits per heavy atom. The minimum absolute atomic E-state index is 0.0159. The van der Waals surface area contributed by atoms with Crippen LogP contribution < -0.4 is 4.90 Å². The van der Waals surface area contributed by atoms with E-state index in [1.54, 1.807) is 78.9 Å². The maximum atomic E-state index is 15.3. The molecular weight excluding hydrogens is 1150 g/mol. The van der Waals surface area contributed by atoms with E-state index in [4.69, 9.17) is 0 Å². The molecule has 17 heteroatoms. The summed E-state index contributed by atoms with van der Waals surface area (Å²) < 4.78 is 187. The van der Waals surface area contributed by atoms with Gasteiger partial charge < -0.3 is 18.6 Å². The first-order valence-electron chi connectivity index (χ1n) is 27.3. The maximum absolute atomic E-state index is 15.3. The predicted octanol–water partition coefficient (Wildman–Crippen LogP) is 21.7. The summed E-state index contributed by atoms with van der Waals surface area (Å²) in [5.41, 5.74) is -3.66. The third-order valence-electron chi connectivity index (χ3n) is 16.1. The molecule has 0 aliphatic carbocycles. The molecule has 14 aromatic rings. The van der Waals surface area contributed by atoms with E-state index >= 15 is 52.7 Å². The summed E-state index contributed by atoms with van der Waals surface area (Å²) in [4.78, 5) is 2.04. The largest absolute Gasteiger partial charge is 0.416 e. The lowest BCUT2D eigenvalue weighted by molar-refractivity contribution is -0.138. The monoisotopic (exact) mass is 1190 g/mol. The zero-order valence-electron chi connectivity index (χ0n) is 45.3. The second-order valence-corrected chi connectivity index (χ2v) is 21.2. The maximum Gasteiger partial charge on any atom is 0.416 e. The van der Waals surface area contributed by atoms with Crippen LogP contribution in [0, 0.1) is 11.3 Å². The lowest BCUT2D eigenvalue weighted by atomic mass is 9.88. The molecule has 0 spiro atoms. The highest BCUT2D eigenvalue weighted by Crippen LogP contribution is 2.54. The van der Waals surface area contributed by atoms with Crippen molar-refractivity contribution in [3.05, 3.63) is 264 Å². The molecule has 0 saturated heterocycles. The van der Waals surface area contributed by atoms with Crippen LogP contribution in [-0.4, -0.2) is 13.7 Å². The van der Waals surface area contributed by atoms with Gasteiger partial charge in [-0.25, -0.2) is 0 Å². The number of anilines is 3. The topological polar surface area (TPSA) is 41.8 Å². The first kappa shape index (κ1) is 55.2. The number of hydrogen-bond donors (Lipinski definition) is 0. The standard InChI is InChI=1S/C71H39F12N5/c72-68(73,74)43-25-30-51-52-31-26-44(69(75,76)77)36-60(52)87(59(51)35-43)65-56(40-84)66(88-61-37-45(70(78,79)80)27-32-53(61)54-33-28-46(38-62(54)88)71(81,82)83)64(42-17-7-2-8-18-42)67(63(65)41-15-5-1-6-16-41)86-57-24-14-13-23-50(57)55-39-49(29-34-58(55)86)85(47-19-9-3-10-20-47)48-21-11-4-12-22-48/h1-39H. The number of rotatable bonds is 8. The molecule has 0 bridgehead atoms. The molecule has 0 amide bonds. The Morgan fingerprint density at radius 1 is 0.284 bits per heavy atom. The zero-order valence-corrected chi connectivity index (χ0v) is 45.3. The zero-order chi connectivity index (χ0) is 61.2. The fourth-order valence-electron chi connectivity index (χ4n) is 12.4. The van der Waals surface area contributed by atoms with Gasteiger partial charge >= 0.3 is 24.7 Å². The van der Waals surface area contributed by atoms with Crippen LogP contribution >= 0.6 is 0 Å². The van der Waals surface area contributed by atoms with Crippen LogP contribution in [0.2, 0.25) is 0 Å². The fourth-order valence-corrected chi connectivity index (χ4v) is 12.4. The number of alkyl halides is 12. The van der Waals surface area contributed by atoms with E-state index in [-0.39, 0.29) is 82.9 Å². The highest BCUT2D eigenvalue weighted by atomic mass is 19.4. The Bertz CT molecular complexity index is 4750. The van der Waals surface area contributed by atoms with E-state index in [0.717, 1.165) is 93.3 Å². The summed E-state index contributed by atoms with van der Waals surface area (Å²) in [6.07, 6.45) is -20.2. The van der Waals surface area contributed by atoms with E-state index in [0.29, 0.717) is 27.5 Å². The van der Waals surface area contributed by atoms with E-state index in [2.05, 4.69) is 6.07 Å². The van der Waals surface area contributed by atoms with Gasteiger partial charge in [-0.1, -0.05) is 140 Å². The van der Waals surface area contributed by atoms with Gasteiger partial charge in [0.05, 0.1) is 72.4 Å². The molecule has 0 radical (unpaired) electrons. The Kier molecular flexibility index (Phi) is 12.7. The number of para-hydroxylation sites is 3. The summed E-state index contributed by atoms with van der Waals surface area (Å²) in [7, 11) is 0. The summed E-state index contributed by atoms with van der Waals surface area (Å²) >= 11 is 0. The smallest absolute Gasteiger partial charge is 0.310 e. The van der Waals surface area contributed by atoms with Gasteiger partial charge in [0.25, 0.3) is 0 Å². The molecular formula is C71H39F12N5. The summed E-state index contributed by atoms with van der Waals surface area (Å²) in [6, 6.07) is 61.3. The molecule has 3 heterocycles. The lowest BCUT2D eigenvalue weighted by Crippen LogP contribution is -2.14. The van der Waals surface area contributed by atoms with Gasteiger partial charge in [0.1, 0.15) is 11.6 Å². The van der Waals surface area contributed by atoms with Gasteiger partial charge in [-0.15, -0.1) is 0 Å². The van der Waals surface area contributed by atoms with Crippen molar-refractivity contribution >= 4 is 82.5 Å². The Balaban J connectivity index is 1.28. The van der Waals surface area contributed by atoms with Crippen LogP contribution in [0.5, 0.6) is 0 Å². The normalized spacial score (nSPS) is 12.5. The van der Waals surface area contributed by atoms with Crippen LogP contribution in [0.25, 0.3) is 105 Å². The first-order valence-corrected chi connectivity index (χ1v) is 27.3. The van der Waals surface area contributed by atoms with Crippen LogP contribution in [0.15, 0.2) is 237 Å². The third-order valence-corrected chi connectivity index (χ3v) is 16.1. The quantitative estimate of drug-likeness (QED) is 0.142. The van der Waals surface area contributed by atoms with Crippen LogP contribution in [0.4, 0.5) is 69.7 Å². The van der Waals surface area contributed by atoms with Crippen LogP contribution in [-0.2, 0) is 24.7 Å². The fraction of sp³-hybridized carbons (Fsp3) is 0.0563. The van der Waals surface area contributed by atoms with E-state index < -0.39 is 52.5 Å². The molecule has 5 nitrogen and oxygen atoms in total. The minimum atomic E-state index is -5.05. The van der Waals surface area contributed by atoms with Gasteiger partial charge in [-0.05, 0) is 108 Å². The van der Waals surface area contributed by atoms with E-state index in [1.165, 1.54) is 0 Å². The molecule has 3 aromatic heterocycles. The molecule has 0 fully saturated rings. The van der Waals surface area contributed by atoms with Crippen molar-refractivity contribution < 1.29 is 52.7 Å². The molecule has 14 rings (SSSR count). The second-order valence-electron chi connectivity index (χ2n) is 21.2. The Hall–Kier alpha value is -10.7. The number of nitriles is 1. The molecule has 0 atom stereocenters.